The van der Waals surface area contributed by atoms with Crippen LogP contribution in [0.25, 0.3) is 0 Å². The van der Waals surface area contributed by atoms with Crippen molar-refractivity contribution < 1.29 is 24.2 Å². The van der Waals surface area contributed by atoms with Gasteiger partial charge >= 0.3 is 5.97 Å². The third-order valence-electron chi connectivity index (χ3n) is 8.31. The normalized spacial score (nSPS) is 35.7. The third-order valence-corrected chi connectivity index (χ3v) is 10.4. The highest BCUT2D eigenvalue weighted by atomic mass is 32.2. The van der Waals surface area contributed by atoms with Gasteiger partial charge < -0.3 is 20.1 Å². The number of fused-ring (bicyclic) bond motifs is 1. The number of hydrogen-bond donors (Lipinski definition) is 2. The van der Waals surface area contributed by atoms with Crippen LogP contribution in [0.5, 0.6) is 0 Å². The molecule has 0 aromatic heterocycles. The molecule has 1 spiro atoms. The van der Waals surface area contributed by atoms with Gasteiger partial charge in [-0.1, -0.05) is 39.0 Å². The molecule has 2 bridgehead atoms. The smallest absolute Gasteiger partial charge is 0.310 e. The topological polar surface area (TPSA) is 95.9 Å². The van der Waals surface area contributed by atoms with Crippen LogP contribution in [0.4, 0.5) is 0 Å². The monoisotopic (exact) mass is 480 g/mol. The molecule has 2 N–H and O–H groups in total. The summed E-state index contributed by atoms with van der Waals surface area (Å²) in [5, 5.41) is 12.4. The van der Waals surface area contributed by atoms with Crippen LogP contribution in [0, 0.1) is 17.8 Å². The summed E-state index contributed by atoms with van der Waals surface area (Å²) in [6.07, 6.45) is 9.70. The average molecular weight is 481 g/mol. The van der Waals surface area contributed by atoms with Crippen LogP contribution in [0.15, 0.2) is 0 Å². The lowest BCUT2D eigenvalue weighted by Crippen LogP contribution is -2.57. The Bertz CT molecular complexity index is 742. The summed E-state index contributed by atoms with van der Waals surface area (Å²) >= 11 is 1.72. The van der Waals surface area contributed by atoms with Gasteiger partial charge in [0.2, 0.25) is 11.8 Å². The second kappa shape index (κ2) is 10.5. The lowest BCUT2D eigenvalue weighted by molar-refractivity contribution is -0.154. The predicted octanol–water partition coefficient (Wildman–Crippen LogP) is 2.89. The molecular weight excluding hydrogens is 440 g/mol. The number of thioether (sulfide) groups is 1. The molecule has 4 rings (SSSR count). The van der Waals surface area contributed by atoms with E-state index in [1.807, 2.05) is 0 Å². The summed E-state index contributed by atoms with van der Waals surface area (Å²) in [6, 6.07) is -0.345. The van der Waals surface area contributed by atoms with Gasteiger partial charge in [-0.25, -0.2) is 0 Å². The highest BCUT2D eigenvalue weighted by molar-refractivity contribution is 8.02. The number of unbranched alkanes of at least 4 members (excludes halogenated alkanes) is 3. The Kier molecular flexibility index (Phi) is 7.94. The van der Waals surface area contributed by atoms with E-state index in [1.165, 1.54) is 6.42 Å². The van der Waals surface area contributed by atoms with Crippen LogP contribution in [-0.2, 0) is 19.1 Å². The number of carbonyl (C=O) groups is 3. The SMILES string of the molecule is CCOC(=O)[C@@H]1[C@@H]2CC(C)C3(S2)C(C(=O)NC2CCCCC2)N(CCCCCCO)C(=O)[C@H]13. The highest BCUT2D eigenvalue weighted by Crippen LogP contribution is 2.68. The van der Waals surface area contributed by atoms with Crippen molar-refractivity contribution in [1.29, 1.82) is 0 Å². The molecule has 1 saturated carbocycles. The first-order chi connectivity index (χ1) is 16.0. The van der Waals surface area contributed by atoms with Crippen molar-refractivity contribution in [3.05, 3.63) is 0 Å². The van der Waals surface area contributed by atoms with Crippen molar-refractivity contribution in [1.82, 2.24) is 10.2 Å². The Morgan fingerprint density at radius 2 is 1.91 bits per heavy atom. The molecular formula is C25H40N2O5S. The van der Waals surface area contributed by atoms with E-state index in [9.17, 15) is 14.4 Å². The van der Waals surface area contributed by atoms with E-state index in [4.69, 9.17) is 9.84 Å². The molecule has 2 amide bonds. The van der Waals surface area contributed by atoms with Gasteiger partial charge in [0, 0.05) is 24.4 Å². The average Bonchev–Trinajstić information content (AvgIpc) is 3.38. The fourth-order valence-corrected chi connectivity index (χ4v) is 9.25. The molecule has 33 heavy (non-hydrogen) atoms. The van der Waals surface area contributed by atoms with Gasteiger partial charge in [0.15, 0.2) is 0 Å². The molecule has 1 aliphatic carbocycles. The number of aliphatic hydroxyl groups excluding tert-OH is 1. The molecule has 3 saturated heterocycles. The van der Waals surface area contributed by atoms with Gasteiger partial charge in [-0.15, -0.1) is 11.8 Å². The summed E-state index contributed by atoms with van der Waals surface area (Å²) in [4.78, 5) is 42.4. The number of amides is 2. The lowest BCUT2D eigenvalue weighted by atomic mass is 9.66. The molecule has 4 aliphatic rings. The van der Waals surface area contributed by atoms with E-state index in [-0.39, 0.29) is 41.6 Å². The van der Waals surface area contributed by atoms with Gasteiger partial charge in [-0.2, -0.15) is 0 Å². The molecule has 3 unspecified atom stereocenters. The Balaban J connectivity index is 1.60. The Morgan fingerprint density at radius 1 is 1.18 bits per heavy atom. The first-order valence-corrected chi connectivity index (χ1v) is 13.9. The highest BCUT2D eigenvalue weighted by Gasteiger charge is 2.76. The number of esters is 1. The minimum Gasteiger partial charge on any atom is -0.466 e. The number of nitrogens with zero attached hydrogens (tertiary/aromatic N) is 1. The van der Waals surface area contributed by atoms with Crippen LogP contribution in [-0.4, -0.2) is 69.6 Å². The van der Waals surface area contributed by atoms with Crippen LogP contribution in [0.1, 0.15) is 78.1 Å². The van der Waals surface area contributed by atoms with Crippen molar-refractivity contribution in [2.75, 3.05) is 19.8 Å². The summed E-state index contributed by atoms with van der Waals surface area (Å²) in [5.41, 5.74) is 0. The molecule has 6 atom stereocenters. The molecule has 0 aromatic carbocycles. The van der Waals surface area contributed by atoms with Crippen molar-refractivity contribution in [3.8, 4) is 0 Å². The third kappa shape index (κ3) is 4.42. The van der Waals surface area contributed by atoms with Crippen LogP contribution in [0.2, 0.25) is 0 Å². The zero-order valence-corrected chi connectivity index (χ0v) is 20.9. The molecule has 8 heteroatoms. The Labute approximate surface area is 201 Å². The summed E-state index contributed by atoms with van der Waals surface area (Å²) in [5.74, 6) is -1.09. The van der Waals surface area contributed by atoms with E-state index in [0.29, 0.717) is 13.2 Å². The minimum atomic E-state index is -0.553. The lowest BCUT2D eigenvalue weighted by Gasteiger charge is -2.39. The van der Waals surface area contributed by atoms with Crippen molar-refractivity contribution in [3.63, 3.8) is 0 Å². The quantitative estimate of drug-likeness (QED) is 0.369. The summed E-state index contributed by atoms with van der Waals surface area (Å²) < 4.78 is 4.84. The van der Waals surface area contributed by atoms with Crippen LogP contribution >= 0.6 is 11.8 Å². The Hall–Kier alpha value is -1.28. The second-order valence-electron chi connectivity index (χ2n) is 10.3. The molecule has 3 heterocycles. The minimum absolute atomic E-state index is 0.0300. The summed E-state index contributed by atoms with van der Waals surface area (Å²) in [6.45, 7) is 4.96. The Morgan fingerprint density at radius 3 is 2.61 bits per heavy atom. The van der Waals surface area contributed by atoms with E-state index in [1.54, 1.807) is 23.6 Å². The fourth-order valence-electron chi connectivity index (χ4n) is 6.84. The number of ether oxygens (including phenoxy) is 1. The number of aliphatic hydroxyl groups is 1. The van der Waals surface area contributed by atoms with Crippen molar-refractivity contribution in [2.24, 2.45) is 17.8 Å². The molecule has 4 fully saturated rings. The maximum Gasteiger partial charge on any atom is 0.310 e. The molecule has 7 nitrogen and oxygen atoms in total. The standard InChI is InChI=1S/C25H40N2O5S/c1-3-32-24(31)19-18-15-16(2)25(33-18)20(19)23(30)27(13-9-4-5-10-14-28)21(25)22(29)26-17-11-7-6-8-12-17/h16-21,28H,3-15H2,1-2H3,(H,26,29)/t16?,18-,19+,20-,21?,25?/m0/s1. The fraction of sp³-hybridized carbons (Fsp3) is 0.880. The molecule has 186 valence electrons. The van der Waals surface area contributed by atoms with Gasteiger partial charge in [-0.05, 0) is 44.9 Å². The number of nitrogens with one attached hydrogen (secondary N) is 1. The predicted molar refractivity (Wildman–Crippen MR) is 128 cm³/mol. The van der Waals surface area contributed by atoms with Crippen LogP contribution < -0.4 is 5.32 Å². The number of rotatable bonds is 10. The van der Waals surface area contributed by atoms with E-state index in [0.717, 1.165) is 57.8 Å². The molecule has 3 aliphatic heterocycles. The van der Waals surface area contributed by atoms with Gasteiger partial charge in [0.05, 0.1) is 23.2 Å². The maximum atomic E-state index is 13.8. The van der Waals surface area contributed by atoms with E-state index >= 15 is 0 Å². The van der Waals surface area contributed by atoms with Gasteiger partial charge in [0.1, 0.15) is 6.04 Å². The van der Waals surface area contributed by atoms with Gasteiger partial charge in [-0.3, -0.25) is 14.4 Å². The van der Waals surface area contributed by atoms with Crippen molar-refractivity contribution >= 4 is 29.5 Å². The first kappa shape index (κ1) is 24.8. The van der Waals surface area contributed by atoms with Gasteiger partial charge in [0.25, 0.3) is 0 Å². The first-order valence-electron chi connectivity index (χ1n) is 13.0. The molecule has 0 radical (unpaired) electrons. The maximum absolute atomic E-state index is 13.8. The molecule has 0 aromatic rings. The second-order valence-corrected chi connectivity index (χ2v) is 11.9. The largest absolute Gasteiger partial charge is 0.466 e. The van der Waals surface area contributed by atoms with E-state index in [2.05, 4.69) is 12.2 Å². The number of carbonyl (C=O) groups excluding carboxylic acids is 3. The zero-order chi connectivity index (χ0) is 23.6. The zero-order valence-electron chi connectivity index (χ0n) is 20.1. The number of likely N-dealkylation sites (tertiary alicyclic amines) is 1. The van der Waals surface area contributed by atoms with E-state index < -0.39 is 22.6 Å². The summed E-state index contributed by atoms with van der Waals surface area (Å²) in [7, 11) is 0. The number of hydrogen-bond acceptors (Lipinski definition) is 6. The van der Waals surface area contributed by atoms with Crippen LogP contribution in [0.3, 0.4) is 0 Å². The van der Waals surface area contributed by atoms with Crippen molar-refractivity contribution in [2.45, 2.75) is 100 Å².